The Kier molecular flexibility index (Phi) is 8.72. The Labute approximate surface area is 217 Å². The van der Waals surface area contributed by atoms with Gasteiger partial charge in [0, 0.05) is 10.0 Å². The van der Waals surface area contributed by atoms with Gasteiger partial charge in [-0.15, -0.1) is 0 Å². The molecule has 3 rings (SSSR count). The Hall–Kier alpha value is -3.57. The number of carbonyl (C=O) groups excluding carboxylic acids is 2. The first-order valence-electron chi connectivity index (χ1n) is 9.91. The number of hydrogen-bond acceptors (Lipinski definition) is 8. The standard InChI is InChI=1S/C24H20Br2N2O7/c1-32-19-9-13(10-20(33-2)22(19)34-3)24(31)35-21-14(8-15(25)11-17(21)26)12-27-28-23(30)16-6-4-5-7-18(16)29/h4-12,29H,1-3H3,(H,28,30)/b27-12-. The maximum absolute atomic E-state index is 13.0. The number of phenolic OH excluding ortho intramolecular Hbond substituents is 1. The second kappa shape index (κ2) is 11.7. The molecule has 3 aromatic carbocycles. The summed E-state index contributed by atoms with van der Waals surface area (Å²) in [6.07, 6.45) is 1.31. The van der Waals surface area contributed by atoms with Crippen LogP contribution in [0.2, 0.25) is 0 Å². The van der Waals surface area contributed by atoms with Gasteiger partial charge in [-0.3, -0.25) is 4.79 Å². The van der Waals surface area contributed by atoms with E-state index in [0.29, 0.717) is 31.8 Å². The van der Waals surface area contributed by atoms with Crippen LogP contribution in [0.5, 0.6) is 28.7 Å². The number of hydrogen-bond donors (Lipinski definition) is 2. The van der Waals surface area contributed by atoms with Gasteiger partial charge in [0.1, 0.15) is 5.75 Å². The number of methoxy groups -OCH3 is 3. The number of amides is 1. The predicted molar refractivity (Wildman–Crippen MR) is 136 cm³/mol. The average Bonchev–Trinajstić information content (AvgIpc) is 2.84. The highest BCUT2D eigenvalue weighted by Gasteiger charge is 2.20. The summed E-state index contributed by atoms with van der Waals surface area (Å²) in [5, 5.41) is 13.8. The minimum absolute atomic E-state index is 0.0640. The van der Waals surface area contributed by atoms with Crippen LogP contribution >= 0.6 is 31.9 Å². The number of nitrogens with zero attached hydrogens (tertiary/aromatic N) is 1. The number of carbonyl (C=O) groups is 2. The molecule has 9 nitrogen and oxygen atoms in total. The Balaban J connectivity index is 1.88. The summed E-state index contributed by atoms with van der Waals surface area (Å²) >= 11 is 6.77. The molecule has 0 radical (unpaired) electrons. The van der Waals surface area contributed by atoms with Crippen molar-refractivity contribution in [1.82, 2.24) is 5.43 Å². The van der Waals surface area contributed by atoms with Crippen LogP contribution in [0.1, 0.15) is 26.3 Å². The van der Waals surface area contributed by atoms with Gasteiger partial charge in [0.05, 0.1) is 43.1 Å². The fourth-order valence-electron chi connectivity index (χ4n) is 3.02. The lowest BCUT2D eigenvalue weighted by Gasteiger charge is -2.15. The van der Waals surface area contributed by atoms with Gasteiger partial charge in [-0.05, 0) is 52.3 Å². The van der Waals surface area contributed by atoms with Gasteiger partial charge in [0.15, 0.2) is 17.2 Å². The van der Waals surface area contributed by atoms with E-state index in [0.717, 1.165) is 0 Å². The lowest BCUT2D eigenvalue weighted by molar-refractivity contribution is 0.0732. The lowest BCUT2D eigenvalue weighted by atomic mass is 10.1. The Morgan fingerprint density at radius 2 is 1.60 bits per heavy atom. The second-order valence-corrected chi connectivity index (χ2v) is 8.60. The van der Waals surface area contributed by atoms with Crippen LogP contribution in [-0.2, 0) is 0 Å². The smallest absolute Gasteiger partial charge is 0.343 e. The molecule has 0 aliphatic rings. The number of para-hydroxylation sites is 1. The Bertz CT molecular complexity index is 1270. The highest BCUT2D eigenvalue weighted by Crippen LogP contribution is 2.39. The molecular formula is C24H20Br2N2O7. The molecule has 11 heteroatoms. The Morgan fingerprint density at radius 1 is 0.943 bits per heavy atom. The number of esters is 1. The molecule has 0 bridgehead atoms. The number of phenols is 1. The maximum atomic E-state index is 13.0. The fraction of sp³-hybridized carbons (Fsp3) is 0.125. The minimum Gasteiger partial charge on any atom is -0.507 e. The monoisotopic (exact) mass is 606 g/mol. The van der Waals surface area contributed by atoms with Crippen LogP contribution in [0.4, 0.5) is 0 Å². The van der Waals surface area contributed by atoms with Gasteiger partial charge >= 0.3 is 5.97 Å². The van der Waals surface area contributed by atoms with Crippen molar-refractivity contribution < 1.29 is 33.6 Å². The zero-order chi connectivity index (χ0) is 25.5. The number of hydrazone groups is 1. The van der Waals surface area contributed by atoms with E-state index in [1.807, 2.05) is 0 Å². The normalized spacial score (nSPS) is 10.7. The zero-order valence-corrected chi connectivity index (χ0v) is 22.0. The van der Waals surface area contributed by atoms with Gasteiger partial charge in [0.2, 0.25) is 5.75 Å². The molecule has 0 aromatic heterocycles. The first kappa shape index (κ1) is 26.0. The summed E-state index contributed by atoms with van der Waals surface area (Å²) in [5.74, 6) is -0.392. The summed E-state index contributed by atoms with van der Waals surface area (Å²) < 4.78 is 22.7. The van der Waals surface area contributed by atoms with Gasteiger partial charge in [-0.1, -0.05) is 28.1 Å². The van der Waals surface area contributed by atoms with Crippen molar-refractivity contribution in [2.45, 2.75) is 0 Å². The van der Waals surface area contributed by atoms with Crippen molar-refractivity contribution in [3.8, 4) is 28.7 Å². The topological polar surface area (TPSA) is 116 Å². The van der Waals surface area contributed by atoms with E-state index in [2.05, 4.69) is 42.4 Å². The number of rotatable bonds is 8. The molecule has 0 unspecified atom stereocenters. The highest BCUT2D eigenvalue weighted by atomic mass is 79.9. The van der Waals surface area contributed by atoms with Crippen LogP contribution in [0.25, 0.3) is 0 Å². The molecule has 0 fully saturated rings. The molecule has 0 saturated heterocycles. The predicted octanol–water partition coefficient (Wildman–Crippen LogP) is 4.93. The second-order valence-electron chi connectivity index (χ2n) is 6.83. The van der Waals surface area contributed by atoms with Gasteiger partial charge in [-0.25, -0.2) is 10.2 Å². The van der Waals surface area contributed by atoms with Crippen molar-refractivity contribution in [3.05, 3.63) is 74.2 Å². The molecule has 3 aromatic rings. The van der Waals surface area contributed by atoms with Crippen LogP contribution in [-0.4, -0.2) is 44.5 Å². The van der Waals surface area contributed by atoms with E-state index in [1.165, 1.54) is 51.8 Å². The molecule has 0 atom stereocenters. The fourth-order valence-corrected chi connectivity index (χ4v) is 4.36. The van der Waals surface area contributed by atoms with Crippen LogP contribution in [0, 0.1) is 0 Å². The van der Waals surface area contributed by atoms with Crippen LogP contribution in [0.3, 0.4) is 0 Å². The molecule has 0 heterocycles. The molecule has 2 N–H and O–H groups in total. The SMILES string of the molecule is COc1cc(C(=O)Oc2c(Br)cc(Br)cc2/C=N\NC(=O)c2ccccc2O)cc(OC)c1OC. The first-order chi connectivity index (χ1) is 16.8. The molecule has 35 heavy (non-hydrogen) atoms. The number of benzene rings is 3. The quantitative estimate of drug-likeness (QED) is 0.161. The molecule has 1 amide bonds. The highest BCUT2D eigenvalue weighted by molar-refractivity contribution is 9.11. The van der Waals surface area contributed by atoms with Crippen LogP contribution in [0.15, 0.2) is 62.6 Å². The van der Waals surface area contributed by atoms with E-state index in [-0.39, 0.29) is 22.6 Å². The Morgan fingerprint density at radius 3 is 2.20 bits per heavy atom. The van der Waals surface area contributed by atoms with Gasteiger partial charge in [-0.2, -0.15) is 5.10 Å². The lowest BCUT2D eigenvalue weighted by Crippen LogP contribution is -2.18. The van der Waals surface area contributed by atoms with Crippen molar-refractivity contribution >= 4 is 50.0 Å². The maximum Gasteiger partial charge on any atom is 0.343 e. The van der Waals surface area contributed by atoms with Gasteiger partial charge in [0.25, 0.3) is 5.91 Å². The molecule has 0 aliphatic heterocycles. The van der Waals surface area contributed by atoms with E-state index in [9.17, 15) is 14.7 Å². The summed E-state index contributed by atoms with van der Waals surface area (Å²) in [4.78, 5) is 25.3. The summed E-state index contributed by atoms with van der Waals surface area (Å²) in [5.41, 5.74) is 2.94. The molecule has 0 aliphatic carbocycles. The summed E-state index contributed by atoms with van der Waals surface area (Å²) in [6.45, 7) is 0. The number of ether oxygens (including phenoxy) is 4. The van der Waals surface area contributed by atoms with E-state index in [1.54, 1.807) is 24.3 Å². The van der Waals surface area contributed by atoms with E-state index >= 15 is 0 Å². The average molecular weight is 608 g/mol. The van der Waals surface area contributed by atoms with Crippen molar-refractivity contribution in [1.29, 1.82) is 0 Å². The van der Waals surface area contributed by atoms with Crippen molar-refractivity contribution in [3.63, 3.8) is 0 Å². The minimum atomic E-state index is -0.694. The third-order valence-electron chi connectivity index (χ3n) is 4.65. The first-order valence-corrected chi connectivity index (χ1v) is 11.5. The molecule has 182 valence electrons. The molecular weight excluding hydrogens is 588 g/mol. The van der Waals surface area contributed by atoms with E-state index < -0.39 is 11.9 Å². The van der Waals surface area contributed by atoms with Crippen molar-refractivity contribution in [2.75, 3.05) is 21.3 Å². The van der Waals surface area contributed by atoms with Crippen molar-refractivity contribution in [2.24, 2.45) is 5.10 Å². The zero-order valence-electron chi connectivity index (χ0n) is 18.8. The molecule has 0 spiro atoms. The number of halogens is 2. The third kappa shape index (κ3) is 6.11. The number of aromatic hydroxyl groups is 1. The van der Waals surface area contributed by atoms with Crippen LogP contribution < -0.4 is 24.4 Å². The summed E-state index contributed by atoms with van der Waals surface area (Å²) in [6, 6.07) is 12.3. The summed E-state index contributed by atoms with van der Waals surface area (Å²) in [7, 11) is 4.34. The van der Waals surface area contributed by atoms with Gasteiger partial charge < -0.3 is 24.1 Å². The third-order valence-corrected chi connectivity index (χ3v) is 5.70. The molecule has 0 saturated carbocycles. The number of nitrogens with one attached hydrogen (secondary N) is 1. The van der Waals surface area contributed by atoms with E-state index in [4.69, 9.17) is 18.9 Å². The largest absolute Gasteiger partial charge is 0.507 e.